The molecule has 150 valence electrons. The molecule has 0 radical (unpaired) electrons. The van der Waals surface area contributed by atoms with Crippen LogP contribution >= 0.6 is 0 Å². The number of aromatic nitrogens is 1. The summed E-state index contributed by atoms with van der Waals surface area (Å²) in [5, 5.41) is 6.16. The average Bonchev–Trinajstić information content (AvgIpc) is 2.69. The monoisotopic (exact) mass is 391 g/mol. The number of nitrogens with one attached hydrogen (secondary N) is 2. The highest BCUT2D eigenvalue weighted by Crippen LogP contribution is 2.23. The molecule has 3 aromatic rings. The van der Waals surface area contributed by atoms with E-state index in [0.717, 1.165) is 23.4 Å². The van der Waals surface area contributed by atoms with E-state index in [1.807, 2.05) is 24.3 Å². The van der Waals surface area contributed by atoms with Crippen LogP contribution in [0.2, 0.25) is 0 Å². The second kappa shape index (κ2) is 8.86. The normalized spacial score (nSPS) is 11.2. The molecule has 0 unspecified atom stereocenters. The summed E-state index contributed by atoms with van der Waals surface area (Å²) in [7, 11) is 0. The zero-order chi connectivity index (χ0) is 20.9. The van der Waals surface area contributed by atoms with Gasteiger partial charge in [-0.25, -0.2) is 4.39 Å². The van der Waals surface area contributed by atoms with Crippen molar-refractivity contribution in [2.45, 2.75) is 32.6 Å². The molecule has 29 heavy (non-hydrogen) atoms. The smallest absolute Gasteiger partial charge is 0.257 e. The van der Waals surface area contributed by atoms with Gasteiger partial charge in [-0.1, -0.05) is 45.0 Å². The van der Waals surface area contributed by atoms with E-state index >= 15 is 0 Å². The highest BCUT2D eigenvalue weighted by molar-refractivity contribution is 6.04. The minimum absolute atomic E-state index is 0.0698. The number of pyridine rings is 1. The quantitative estimate of drug-likeness (QED) is 0.589. The molecule has 0 saturated heterocycles. The number of benzene rings is 2. The van der Waals surface area contributed by atoms with Gasteiger partial charge in [0.2, 0.25) is 0 Å². The number of carbonyl (C=O) groups excluding carboxylic acids is 1. The summed E-state index contributed by atoms with van der Waals surface area (Å²) in [5.41, 5.74) is 4.32. The summed E-state index contributed by atoms with van der Waals surface area (Å²) < 4.78 is 13.0. The SMILES string of the molecule is CC(C)(C)c1ccc(NC(=O)c2cncc(NCCc3ccc(F)cc3)c2)cc1. The molecule has 3 rings (SSSR count). The van der Waals surface area contributed by atoms with Gasteiger partial charge in [-0.2, -0.15) is 0 Å². The molecule has 2 aromatic carbocycles. The van der Waals surface area contributed by atoms with Gasteiger partial charge in [-0.15, -0.1) is 0 Å². The van der Waals surface area contributed by atoms with Crippen LogP contribution in [0.5, 0.6) is 0 Å². The van der Waals surface area contributed by atoms with Crippen molar-refractivity contribution in [2.24, 2.45) is 0 Å². The first-order valence-corrected chi connectivity index (χ1v) is 9.66. The van der Waals surface area contributed by atoms with E-state index in [9.17, 15) is 9.18 Å². The third kappa shape index (κ3) is 5.88. The Balaban J connectivity index is 1.58. The third-order valence-corrected chi connectivity index (χ3v) is 4.67. The van der Waals surface area contributed by atoms with E-state index in [0.29, 0.717) is 12.1 Å². The van der Waals surface area contributed by atoms with Crippen LogP contribution in [0, 0.1) is 5.82 Å². The first-order chi connectivity index (χ1) is 13.8. The summed E-state index contributed by atoms with van der Waals surface area (Å²) in [5.74, 6) is -0.444. The predicted octanol–water partition coefficient (Wildman–Crippen LogP) is 5.43. The molecule has 0 atom stereocenters. The molecule has 0 fully saturated rings. The van der Waals surface area contributed by atoms with Crippen molar-refractivity contribution in [3.63, 3.8) is 0 Å². The summed E-state index contributed by atoms with van der Waals surface area (Å²) in [6.07, 6.45) is 3.97. The van der Waals surface area contributed by atoms with Crippen molar-refractivity contribution in [1.29, 1.82) is 0 Å². The first-order valence-electron chi connectivity index (χ1n) is 9.66. The zero-order valence-electron chi connectivity index (χ0n) is 17.0. The molecule has 1 aromatic heterocycles. The number of amides is 1. The van der Waals surface area contributed by atoms with Crippen LogP contribution in [0.3, 0.4) is 0 Å². The molecular weight excluding hydrogens is 365 g/mol. The fraction of sp³-hybridized carbons (Fsp3) is 0.250. The Hall–Kier alpha value is -3.21. The van der Waals surface area contributed by atoms with Gasteiger partial charge in [-0.3, -0.25) is 9.78 Å². The predicted molar refractivity (Wildman–Crippen MR) is 116 cm³/mol. The minimum atomic E-state index is -0.238. The van der Waals surface area contributed by atoms with E-state index in [-0.39, 0.29) is 17.1 Å². The van der Waals surface area contributed by atoms with Gasteiger partial charge in [0.25, 0.3) is 5.91 Å². The van der Waals surface area contributed by atoms with Crippen LogP contribution in [0.15, 0.2) is 67.0 Å². The van der Waals surface area contributed by atoms with Gasteiger partial charge < -0.3 is 10.6 Å². The lowest BCUT2D eigenvalue weighted by atomic mass is 9.87. The molecule has 0 aliphatic rings. The number of rotatable bonds is 6. The molecule has 1 amide bonds. The van der Waals surface area contributed by atoms with Crippen molar-refractivity contribution in [3.8, 4) is 0 Å². The Morgan fingerprint density at radius 1 is 0.966 bits per heavy atom. The standard InChI is InChI=1S/C24H26FN3O/c1-24(2,3)19-6-10-21(11-7-19)28-23(29)18-14-22(16-26-15-18)27-13-12-17-4-8-20(25)9-5-17/h4-11,14-16,27H,12-13H2,1-3H3,(H,28,29). The van der Waals surface area contributed by atoms with E-state index in [1.165, 1.54) is 17.7 Å². The van der Waals surface area contributed by atoms with Crippen LogP contribution in [-0.2, 0) is 11.8 Å². The molecule has 2 N–H and O–H groups in total. The van der Waals surface area contributed by atoms with E-state index in [1.54, 1.807) is 30.6 Å². The summed E-state index contributed by atoms with van der Waals surface area (Å²) in [6.45, 7) is 7.12. The van der Waals surface area contributed by atoms with Crippen LogP contribution in [0.1, 0.15) is 42.3 Å². The summed E-state index contributed by atoms with van der Waals surface area (Å²) in [4.78, 5) is 16.7. The van der Waals surface area contributed by atoms with Gasteiger partial charge in [0, 0.05) is 24.6 Å². The fourth-order valence-electron chi connectivity index (χ4n) is 2.92. The van der Waals surface area contributed by atoms with Crippen LogP contribution in [0.4, 0.5) is 15.8 Å². The maximum Gasteiger partial charge on any atom is 0.257 e. The maximum absolute atomic E-state index is 13.0. The zero-order valence-corrected chi connectivity index (χ0v) is 17.0. The van der Waals surface area contributed by atoms with Gasteiger partial charge in [0.1, 0.15) is 5.82 Å². The Morgan fingerprint density at radius 3 is 2.31 bits per heavy atom. The summed E-state index contributed by atoms with van der Waals surface area (Å²) in [6, 6.07) is 16.1. The summed E-state index contributed by atoms with van der Waals surface area (Å²) >= 11 is 0. The largest absolute Gasteiger partial charge is 0.383 e. The number of nitrogens with zero attached hydrogens (tertiary/aromatic N) is 1. The Kier molecular flexibility index (Phi) is 6.27. The molecule has 0 aliphatic carbocycles. The van der Waals surface area contributed by atoms with Crippen LogP contribution in [0.25, 0.3) is 0 Å². The average molecular weight is 391 g/mol. The number of hydrogen-bond donors (Lipinski definition) is 2. The lowest BCUT2D eigenvalue weighted by Gasteiger charge is -2.19. The van der Waals surface area contributed by atoms with Crippen molar-refractivity contribution in [1.82, 2.24) is 4.98 Å². The van der Waals surface area contributed by atoms with Gasteiger partial charge in [-0.05, 0) is 53.3 Å². The van der Waals surface area contributed by atoms with E-state index in [4.69, 9.17) is 0 Å². The van der Waals surface area contributed by atoms with Gasteiger partial charge in [0.05, 0.1) is 11.3 Å². The van der Waals surface area contributed by atoms with Crippen LogP contribution < -0.4 is 10.6 Å². The molecule has 1 heterocycles. The highest BCUT2D eigenvalue weighted by atomic mass is 19.1. The van der Waals surface area contributed by atoms with Gasteiger partial charge in [0.15, 0.2) is 0 Å². The second-order valence-corrected chi connectivity index (χ2v) is 8.05. The maximum atomic E-state index is 13.0. The van der Waals surface area contributed by atoms with E-state index < -0.39 is 0 Å². The van der Waals surface area contributed by atoms with E-state index in [2.05, 4.69) is 36.4 Å². The molecule has 0 bridgehead atoms. The molecule has 0 spiro atoms. The lowest BCUT2D eigenvalue weighted by Crippen LogP contribution is -2.14. The molecule has 5 heteroatoms. The van der Waals surface area contributed by atoms with Crippen molar-refractivity contribution in [2.75, 3.05) is 17.2 Å². The minimum Gasteiger partial charge on any atom is -0.383 e. The number of hydrogen-bond acceptors (Lipinski definition) is 3. The van der Waals surface area contributed by atoms with Gasteiger partial charge >= 0.3 is 0 Å². The fourth-order valence-corrected chi connectivity index (χ4v) is 2.92. The van der Waals surface area contributed by atoms with Crippen molar-refractivity contribution < 1.29 is 9.18 Å². The number of carbonyl (C=O) groups is 1. The third-order valence-electron chi connectivity index (χ3n) is 4.67. The lowest BCUT2D eigenvalue weighted by molar-refractivity contribution is 0.102. The Labute approximate surface area is 171 Å². The second-order valence-electron chi connectivity index (χ2n) is 8.05. The van der Waals surface area contributed by atoms with Crippen molar-refractivity contribution >= 4 is 17.3 Å². The van der Waals surface area contributed by atoms with Crippen molar-refractivity contribution in [3.05, 3.63) is 89.5 Å². The van der Waals surface area contributed by atoms with Crippen LogP contribution in [-0.4, -0.2) is 17.4 Å². The molecular formula is C24H26FN3O. The Morgan fingerprint density at radius 2 is 1.66 bits per heavy atom. The molecule has 0 saturated carbocycles. The topological polar surface area (TPSA) is 54.0 Å². The Bertz CT molecular complexity index is 961. The molecule has 0 aliphatic heterocycles. The first kappa shape index (κ1) is 20.5. The highest BCUT2D eigenvalue weighted by Gasteiger charge is 2.13. The number of halogens is 1. The molecule has 4 nitrogen and oxygen atoms in total. The number of anilines is 2.